The molecule has 0 amide bonds. The van der Waals surface area contributed by atoms with E-state index in [4.69, 9.17) is 0 Å². The van der Waals surface area contributed by atoms with Crippen LogP contribution in [0.1, 0.15) is 18.7 Å². The van der Waals surface area contributed by atoms with Gasteiger partial charge >= 0.3 is 0 Å². The average Bonchev–Trinajstić information content (AvgIpc) is 3.08. The lowest BCUT2D eigenvalue weighted by molar-refractivity contribution is 0.628. The molecule has 0 atom stereocenters. The van der Waals surface area contributed by atoms with Crippen molar-refractivity contribution in [3.05, 3.63) is 29.8 Å². The number of nitrogens with one attached hydrogen (secondary N) is 1. The summed E-state index contributed by atoms with van der Waals surface area (Å²) < 4.78 is 15.1. The van der Waals surface area contributed by atoms with Crippen LogP contribution in [-0.4, -0.2) is 22.1 Å². The maximum Gasteiger partial charge on any atom is 0.125 e. The smallest absolute Gasteiger partial charge is 0.125 e. The quantitative estimate of drug-likeness (QED) is 0.875. The topological polar surface area (TPSA) is 29.9 Å². The fourth-order valence-corrected chi connectivity index (χ4v) is 2.11. The Bertz CT molecular complexity index is 543. The largest absolute Gasteiger partial charge is 0.331 e. The monoisotopic (exact) mass is 233 g/mol. The normalized spacial score (nSPS) is 15.6. The summed E-state index contributed by atoms with van der Waals surface area (Å²) in [4.78, 5) is 4.53. The highest BCUT2D eigenvalue weighted by Crippen LogP contribution is 2.19. The van der Waals surface area contributed by atoms with Crippen LogP contribution in [0.3, 0.4) is 0 Å². The first kappa shape index (κ1) is 10.7. The van der Waals surface area contributed by atoms with E-state index in [2.05, 4.69) is 10.3 Å². The van der Waals surface area contributed by atoms with Crippen LogP contribution in [0.15, 0.2) is 18.2 Å². The van der Waals surface area contributed by atoms with Crippen molar-refractivity contribution in [3.63, 3.8) is 0 Å². The molecule has 17 heavy (non-hydrogen) atoms. The van der Waals surface area contributed by atoms with Crippen molar-refractivity contribution in [2.75, 3.05) is 6.54 Å². The number of hydrogen-bond donors (Lipinski definition) is 1. The van der Waals surface area contributed by atoms with E-state index in [-0.39, 0.29) is 5.82 Å². The molecule has 1 aromatic heterocycles. The van der Waals surface area contributed by atoms with Gasteiger partial charge in [-0.2, -0.15) is 0 Å². The van der Waals surface area contributed by atoms with Gasteiger partial charge in [-0.15, -0.1) is 0 Å². The number of aromatic nitrogens is 2. The number of hydrogen-bond acceptors (Lipinski definition) is 2. The standard InChI is InChI=1S/C13H16FN3/c1-17-12-8-9(14)2-5-11(12)16-13(17)6-7-15-10-3-4-10/h2,5,8,10,15H,3-4,6-7H2,1H3. The minimum atomic E-state index is -0.205. The van der Waals surface area contributed by atoms with E-state index in [1.54, 1.807) is 12.1 Å². The molecular formula is C13H16FN3. The summed E-state index contributed by atoms with van der Waals surface area (Å²) in [6, 6.07) is 5.46. The van der Waals surface area contributed by atoms with Gasteiger partial charge in [-0.1, -0.05) is 0 Å². The van der Waals surface area contributed by atoms with Gasteiger partial charge in [0.25, 0.3) is 0 Å². The van der Waals surface area contributed by atoms with Crippen molar-refractivity contribution in [2.45, 2.75) is 25.3 Å². The fourth-order valence-electron chi connectivity index (χ4n) is 2.11. The van der Waals surface area contributed by atoms with Gasteiger partial charge in [0.2, 0.25) is 0 Å². The van der Waals surface area contributed by atoms with E-state index < -0.39 is 0 Å². The van der Waals surface area contributed by atoms with E-state index in [9.17, 15) is 4.39 Å². The molecular weight excluding hydrogens is 217 g/mol. The summed E-state index contributed by atoms with van der Waals surface area (Å²) >= 11 is 0. The summed E-state index contributed by atoms with van der Waals surface area (Å²) in [5.74, 6) is 0.807. The molecule has 1 N–H and O–H groups in total. The van der Waals surface area contributed by atoms with Crippen molar-refractivity contribution >= 4 is 11.0 Å². The Morgan fingerprint density at radius 1 is 1.47 bits per heavy atom. The first-order valence-corrected chi connectivity index (χ1v) is 6.08. The highest BCUT2D eigenvalue weighted by molar-refractivity contribution is 5.75. The van der Waals surface area contributed by atoms with Crippen LogP contribution in [-0.2, 0) is 13.5 Å². The van der Waals surface area contributed by atoms with Crippen molar-refractivity contribution < 1.29 is 4.39 Å². The minimum Gasteiger partial charge on any atom is -0.331 e. The van der Waals surface area contributed by atoms with Gasteiger partial charge in [-0.25, -0.2) is 9.37 Å². The van der Waals surface area contributed by atoms with Gasteiger partial charge < -0.3 is 9.88 Å². The third-order valence-electron chi connectivity index (χ3n) is 3.29. The van der Waals surface area contributed by atoms with Crippen molar-refractivity contribution in [2.24, 2.45) is 7.05 Å². The summed E-state index contributed by atoms with van der Waals surface area (Å²) in [5.41, 5.74) is 1.74. The number of nitrogens with zero attached hydrogens (tertiary/aromatic N) is 2. The summed E-state index contributed by atoms with van der Waals surface area (Å²) in [6.45, 7) is 0.949. The predicted octanol–water partition coefficient (Wildman–Crippen LogP) is 2.01. The van der Waals surface area contributed by atoms with Crippen LogP contribution in [0.25, 0.3) is 11.0 Å². The molecule has 0 aliphatic heterocycles. The van der Waals surface area contributed by atoms with Crippen molar-refractivity contribution in [1.82, 2.24) is 14.9 Å². The SMILES string of the molecule is Cn1c(CCNC2CC2)nc2ccc(F)cc21. The molecule has 1 fully saturated rings. The zero-order valence-corrected chi connectivity index (χ0v) is 9.91. The Labute approximate surface area is 99.7 Å². The Kier molecular flexibility index (Phi) is 2.59. The lowest BCUT2D eigenvalue weighted by Gasteiger charge is -2.03. The molecule has 0 saturated heterocycles. The zero-order valence-electron chi connectivity index (χ0n) is 9.91. The van der Waals surface area contributed by atoms with Crippen LogP contribution < -0.4 is 5.32 Å². The van der Waals surface area contributed by atoms with Crippen molar-refractivity contribution in [1.29, 1.82) is 0 Å². The Morgan fingerprint density at radius 3 is 3.06 bits per heavy atom. The lowest BCUT2D eigenvalue weighted by atomic mass is 10.3. The van der Waals surface area contributed by atoms with E-state index in [1.807, 2.05) is 11.6 Å². The molecule has 0 unspecified atom stereocenters. The van der Waals surface area contributed by atoms with E-state index in [0.29, 0.717) is 0 Å². The van der Waals surface area contributed by atoms with Crippen LogP contribution >= 0.6 is 0 Å². The zero-order chi connectivity index (χ0) is 11.8. The lowest BCUT2D eigenvalue weighted by Crippen LogP contribution is -2.20. The Morgan fingerprint density at radius 2 is 2.29 bits per heavy atom. The average molecular weight is 233 g/mol. The van der Waals surface area contributed by atoms with Gasteiger partial charge in [0, 0.05) is 26.1 Å². The highest BCUT2D eigenvalue weighted by atomic mass is 19.1. The van der Waals surface area contributed by atoms with Gasteiger partial charge in [0.15, 0.2) is 0 Å². The molecule has 0 bridgehead atoms. The fraction of sp³-hybridized carbons (Fsp3) is 0.462. The molecule has 3 rings (SSSR count). The third-order valence-corrected chi connectivity index (χ3v) is 3.29. The first-order valence-electron chi connectivity index (χ1n) is 6.08. The van der Waals surface area contributed by atoms with Crippen LogP contribution in [0, 0.1) is 5.82 Å². The van der Waals surface area contributed by atoms with Gasteiger partial charge in [-0.05, 0) is 31.0 Å². The molecule has 1 aliphatic carbocycles. The van der Waals surface area contributed by atoms with Gasteiger partial charge in [0.1, 0.15) is 11.6 Å². The molecule has 0 radical (unpaired) electrons. The van der Waals surface area contributed by atoms with Crippen molar-refractivity contribution in [3.8, 4) is 0 Å². The van der Waals surface area contributed by atoms with E-state index in [0.717, 1.165) is 35.9 Å². The van der Waals surface area contributed by atoms with E-state index >= 15 is 0 Å². The van der Waals surface area contributed by atoms with Crippen LogP contribution in [0.5, 0.6) is 0 Å². The van der Waals surface area contributed by atoms with Gasteiger partial charge in [0.05, 0.1) is 11.0 Å². The Balaban J connectivity index is 1.80. The molecule has 90 valence electrons. The number of aryl methyl sites for hydroxylation is 1. The summed E-state index contributed by atoms with van der Waals surface area (Å²) in [7, 11) is 1.95. The maximum atomic E-state index is 13.1. The second-order valence-corrected chi connectivity index (χ2v) is 4.70. The highest BCUT2D eigenvalue weighted by Gasteiger charge is 2.20. The van der Waals surface area contributed by atoms with Crippen LogP contribution in [0.4, 0.5) is 4.39 Å². The minimum absolute atomic E-state index is 0.205. The van der Waals surface area contributed by atoms with E-state index in [1.165, 1.54) is 18.9 Å². The predicted molar refractivity (Wildman–Crippen MR) is 65.4 cm³/mol. The molecule has 2 aromatic rings. The van der Waals surface area contributed by atoms with Gasteiger partial charge in [-0.3, -0.25) is 0 Å². The molecule has 1 heterocycles. The second kappa shape index (κ2) is 4.11. The number of fused-ring (bicyclic) bond motifs is 1. The number of imidazole rings is 1. The first-order chi connectivity index (χ1) is 8.24. The number of rotatable bonds is 4. The summed E-state index contributed by atoms with van der Waals surface area (Å²) in [6.07, 6.45) is 3.49. The molecule has 3 nitrogen and oxygen atoms in total. The number of benzene rings is 1. The third kappa shape index (κ3) is 2.17. The van der Waals surface area contributed by atoms with Crippen LogP contribution in [0.2, 0.25) is 0 Å². The number of halogens is 1. The maximum absolute atomic E-state index is 13.1. The molecule has 1 aromatic carbocycles. The molecule has 0 spiro atoms. The molecule has 1 saturated carbocycles. The molecule has 1 aliphatic rings. The second-order valence-electron chi connectivity index (χ2n) is 4.70. The molecule has 4 heteroatoms. The summed E-state index contributed by atoms with van der Waals surface area (Å²) in [5, 5.41) is 3.46. The Hall–Kier alpha value is -1.42.